The highest BCUT2D eigenvalue weighted by Gasteiger charge is 2.20. The first kappa shape index (κ1) is 16.8. The summed E-state index contributed by atoms with van der Waals surface area (Å²) >= 11 is 5.52. The molecule has 0 aliphatic heterocycles. The summed E-state index contributed by atoms with van der Waals surface area (Å²) < 4.78 is 30.4. The second-order valence-electron chi connectivity index (χ2n) is 3.95. The molecule has 23 heavy (non-hydrogen) atoms. The molecule has 2 heterocycles. The Kier molecular flexibility index (Phi) is 4.86. The van der Waals surface area contributed by atoms with Gasteiger partial charge in [-0.1, -0.05) is 11.6 Å². The van der Waals surface area contributed by atoms with Crippen molar-refractivity contribution in [1.29, 1.82) is 0 Å². The molecule has 0 aliphatic carbocycles. The first-order valence-electron chi connectivity index (χ1n) is 5.90. The van der Waals surface area contributed by atoms with Crippen molar-refractivity contribution in [3.05, 3.63) is 23.1 Å². The van der Waals surface area contributed by atoms with E-state index in [9.17, 15) is 13.2 Å². The van der Waals surface area contributed by atoms with E-state index in [4.69, 9.17) is 16.3 Å². The predicted octanol–water partition coefficient (Wildman–Crippen LogP) is 0.142. The van der Waals surface area contributed by atoms with Crippen LogP contribution in [0.15, 0.2) is 17.2 Å². The molecule has 2 rings (SSSR count). The molecular formula is C10H10ClN7O4S. The third-order valence-corrected chi connectivity index (χ3v) is 3.67. The fraction of sp³-hybridized carbons (Fsp3) is 0.200. The SMILES string of the molecule is COc1nc(C)nc(NC(=O)NS(=O)(=O)c2ccc(Cl)nn2)n1. The number of sulfonamides is 1. The van der Waals surface area contributed by atoms with Gasteiger partial charge in [-0.25, -0.2) is 9.52 Å². The van der Waals surface area contributed by atoms with Crippen molar-refractivity contribution < 1.29 is 17.9 Å². The molecule has 2 N–H and O–H groups in total. The van der Waals surface area contributed by atoms with E-state index in [1.54, 1.807) is 11.6 Å². The molecule has 0 saturated heterocycles. The quantitative estimate of drug-likeness (QED) is 0.777. The minimum Gasteiger partial charge on any atom is -0.467 e. The Morgan fingerprint density at radius 1 is 1.22 bits per heavy atom. The first-order chi connectivity index (χ1) is 10.8. The molecule has 2 amide bonds. The van der Waals surface area contributed by atoms with Crippen molar-refractivity contribution in [3.8, 4) is 6.01 Å². The smallest absolute Gasteiger partial charge is 0.335 e. The molecule has 0 saturated carbocycles. The molecule has 0 fully saturated rings. The van der Waals surface area contributed by atoms with Crippen LogP contribution < -0.4 is 14.8 Å². The van der Waals surface area contributed by atoms with Crippen molar-refractivity contribution in [3.63, 3.8) is 0 Å². The van der Waals surface area contributed by atoms with E-state index >= 15 is 0 Å². The number of anilines is 1. The third kappa shape index (κ3) is 4.43. The number of urea groups is 1. The van der Waals surface area contributed by atoms with Crippen LogP contribution in [0.1, 0.15) is 5.82 Å². The lowest BCUT2D eigenvalue weighted by molar-refractivity contribution is 0.256. The summed E-state index contributed by atoms with van der Waals surface area (Å²) in [6.07, 6.45) is 0. The molecule has 0 atom stereocenters. The fourth-order valence-electron chi connectivity index (χ4n) is 1.35. The maximum Gasteiger partial charge on any atom is 0.335 e. The molecular weight excluding hydrogens is 350 g/mol. The second kappa shape index (κ2) is 6.66. The largest absolute Gasteiger partial charge is 0.467 e. The van der Waals surface area contributed by atoms with Gasteiger partial charge < -0.3 is 4.74 Å². The maximum atomic E-state index is 11.9. The standard InChI is InChI=1S/C10H10ClN7O4S/c1-5-12-8(15-10(13-5)22-2)14-9(19)18-23(20,21)7-4-3-6(11)16-17-7/h3-4H,1-2H3,(H2,12,13,14,15,18,19). The van der Waals surface area contributed by atoms with Gasteiger partial charge in [-0.3, -0.25) is 5.32 Å². The van der Waals surface area contributed by atoms with Crippen molar-refractivity contribution in [2.24, 2.45) is 0 Å². The Bertz CT molecular complexity index is 828. The number of nitrogens with one attached hydrogen (secondary N) is 2. The highest BCUT2D eigenvalue weighted by atomic mass is 35.5. The van der Waals surface area contributed by atoms with Crippen LogP contribution in [0.4, 0.5) is 10.7 Å². The van der Waals surface area contributed by atoms with Crippen LogP contribution in [0.25, 0.3) is 0 Å². The van der Waals surface area contributed by atoms with Crippen LogP contribution in [0.2, 0.25) is 5.15 Å². The van der Waals surface area contributed by atoms with Crippen LogP contribution in [0.3, 0.4) is 0 Å². The van der Waals surface area contributed by atoms with E-state index < -0.39 is 21.1 Å². The molecule has 0 aromatic carbocycles. The summed E-state index contributed by atoms with van der Waals surface area (Å²) in [4.78, 5) is 23.2. The average Bonchev–Trinajstić information content (AvgIpc) is 2.46. The summed E-state index contributed by atoms with van der Waals surface area (Å²) in [5.41, 5.74) is 0. The minimum absolute atomic E-state index is 0.0150. The first-order valence-corrected chi connectivity index (χ1v) is 7.76. The highest BCUT2D eigenvalue weighted by Crippen LogP contribution is 2.09. The fourth-order valence-corrected chi connectivity index (χ4v) is 2.25. The highest BCUT2D eigenvalue weighted by molar-refractivity contribution is 7.90. The normalized spacial score (nSPS) is 10.9. The van der Waals surface area contributed by atoms with E-state index in [1.807, 2.05) is 0 Å². The van der Waals surface area contributed by atoms with Gasteiger partial charge in [0, 0.05) is 0 Å². The molecule has 0 bridgehead atoms. The number of ether oxygens (including phenoxy) is 1. The molecule has 0 spiro atoms. The van der Waals surface area contributed by atoms with E-state index in [-0.39, 0.29) is 22.9 Å². The molecule has 122 valence electrons. The number of carbonyl (C=O) groups excluding carboxylic acids is 1. The molecule has 0 unspecified atom stereocenters. The second-order valence-corrected chi connectivity index (χ2v) is 5.96. The van der Waals surface area contributed by atoms with Gasteiger partial charge in [0.15, 0.2) is 10.2 Å². The van der Waals surface area contributed by atoms with E-state index in [2.05, 4.69) is 30.5 Å². The Labute approximate surface area is 135 Å². The van der Waals surface area contributed by atoms with Gasteiger partial charge in [0.2, 0.25) is 5.95 Å². The molecule has 0 radical (unpaired) electrons. The Hall–Kier alpha value is -2.60. The van der Waals surface area contributed by atoms with Gasteiger partial charge in [-0.05, 0) is 19.1 Å². The lowest BCUT2D eigenvalue weighted by Gasteiger charge is -2.07. The average molecular weight is 360 g/mol. The molecule has 13 heteroatoms. The topological polar surface area (TPSA) is 149 Å². The molecule has 11 nitrogen and oxygen atoms in total. The summed E-state index contributed by atoms with van der Waals surface area (Å²) in [6.45, 7) is 1.55. The number of nitrogens with zero attached hydrogens (tertiary/aromatic N) is 5. The van der Waals surface area contributed by atoms with Gasteiger partial charge in [0.25, 0.3) is 10.0 Å². The minimum atomic E-state index is -4.22. The predicted molar refractivity (Wildman–Crippen MR) is 77.5 cm³/mol. The van der Waals surface area contributed by atoms with Gasteiger partial charge in [0.1, 0.15) is 5.82 Å². The summed E-state index contributed by atoms with van der Waals surface area (Å²) in [7, 11) is -2.88. The van der Waals surface area contributed by atoms with Gasteiger partial charge >= 0.3 is 12.0 Å². The summed E-state index contributed by atoms with van der Waals surface area (Å²) in [6, 6.07) is 1.20. The van der Waals surface area contributed by atoms with Crippen LogP contribution in [-0.4, -0.2) is 46.7 Å². The zero-order chi connectivity index (χ0) is 17.0. The zero-order valence-electron chi connectivity index (χ0n) is 11.8. The number of aryl methyl sites for hydroxylation is 1. The summed E-state index contributed by atoms with van der Waals surface area (Å²) in [5.74, 6) is 0.0998. The number of aromatic nitrogens is 5. The van der Waals surface area contributed by atoms with Crippen LogP contribution in [0, 0.1) is 6.92 Å². The summed E-state index contributed by atoms with van der Waals surface area (Å²) in [5, 5.41) is 8.46. The van der Waals surface area contributed by atoms with Gasteiger partial charge in [-0.15, -0.1) is 10.2 Å². The molecule has 2 aromatic rings. The van der Waals surface area contributed by atoms with Crippen LogP contribution in [0.5, 0.6) is 6.01 Å². The lowest BCUT2D eigenvalue weighted by Crippen LogP contribution is -2.35. The Morgan fingerprint density at radius 3 is 2.57 bits per heavy atom. The number of hydrogen-bond donors (Lipinski definition) is 2. The van der Waals surface area contributed by atoms with Crippen molar-refractivity contribution in [2.75, 3.05) is 12.4 Å². The van der Waals surface area contributed by atoms with Crippen molar-refractivity contribution in [1.82, 2.24) is 29.9 Å². The Morgan fingerprint density at radius 2 is 1.96 bits per heavy atom. The van der Waals surface area contributed by atoms with Crippen LogP contribution >= 0.6 is 11.6 Å². The van der Waals surface area contributed by atoms with Crippen molar-refractivity contribution in [2.45, 2.75) is 11.9 Å². The van der Waals surface area contributed by atoms with E-state index in [1.165, 1.54) is 13.2 Å². The van der Waals surface area contributed by atoms with E-state index in [0.29, 0.717) is 0 Å². The Balaban J connectivity index is 2.12. The number of halogens is 1. The third-order valence-electron chi connectivity index (χ3n) is 2.24. The molecule has 2 aromatic heterocycles. The number of methoxy groups -OCH3 is 1. The van der Waals surface area contributed by atoms with Gasteiger partial charge in [0.05, 0.1) is 7.11 Å². The van der Waals surface area contributed by atoms with Crippen LogP contribution in [-0.2, 0) is 10.0 Å². The monoisotopic (exact) mass is 359 g/mol. The number of carbonyl (C=O) groups is 1. The number of hydrogen-bond acceptors (Lipinski definition) is 9. The van der Waals surface area contributed by atoms with Gasteiger partial charge in [-0.2, -0.15) is 23.4 Å². The molecule has 0 aliphatic rings. The number of rotatable bonds is 4. The number of amides is 2. The van der Waals surface area contributed by atoms with E-state index in [0.717, 1.165) is 6.07 Å². The zero-order valence-corrected chi connectivity index (χ0v) is 13.4. The van der Waals surface area contributed by atoms with Crippen molar-refractivity contribution >= 4 is 33.6 Å². The lowest BCUT2D eigenvalue weighted by atomic mass is 10.6. The maximum absolute atomic E-state index is 11.9.